The van der Waals surface area contributed by atoms with Crippen LogP contribution in [0.25, 0.3) is 11.0 Å². The number of nitrogens with one attached hydrogen (secondary N) is 1. The van der Waals surface area contributed by atoms with E-state index in [1.54, 1.807) is 0 Å². The summed E-state index contributed by atoms with van der Waals surface area (Å²) < 4.78 is 68.9. The zero-order valence-electron chi connectivity index (χ0n) is 24.6. The van der Waals surface area contributed by atoms with Gasteiger partial charge in [0.2, 0.25) is 0 Å². The smallest absolute Gasteiger partial charge is 0.748 e. The van der Waals surface area contributed by atoms with E-state index in [2.05, 4.69) is 16.9 Å². The van der Waals surface area contributed by atoms with Crippen LogP contribution < -0.4 is 103 Å². The molecule has 2 atom stereocenters. The third-order valence-electron chi connectivity index (χ3n) is 7.23. The molecule has 1 heterocycles. The van der Waals surface area contributed by atoms with Crippen molar-refractivity contribution in [1.82, 2.24) is 9.97 Å². The van der Waals surface area contributed by atoms with Gasteiger partial charge >= 0.3 is 103 Å². The molecule has 1 aromatic carbocycles. The van der Waals surface area contributed by atoms with Crippen LogP contribution >= 0.6 is 0 Å². The third kappa shape index (κ3) is 15.4. The topological polar surface area (TPSA) is 143 Å². The Bertz CT molecular complexity index is 1190. The molecule has 1 aromatic heterocycles. The fourth-order valence-electron chi connectivity index (χ4n) is 4.74. The van der Waals surface area contributed by atoms with Crippen LogP contribution in [0, 0.1) is 0 Å². The monoisotopic (exact) mass is 634 g/mol. The number of nitrogens with zero attached hydrogens (tertiary/aromatic N) is 1. The fraction of sp³-hybridized carbons (Fsp3) is 0.741. The van der Waals surface area contributed by atoms with Gasteiger partial charge in [-0.1, -0.05) is 90.9 Å². The molecule has 2 rings (SSSR count). The van der Waals surface area contributed by atoms with E-state index in [1.807, 2.05) is 6.92 Å². The van der Waals surface area contributed by atoms with E-state index in [9.17, 15) is 25.9 Å². The molecule has 8 nitrogen and oxygen atoms in total. The molecule has 2 aromatic rings. The summed E-state index contributed by atoms with van der Waals surface area (Å²) in [4.78, 5) is 7.28. The van der Waals surface area contributed by atoms with Crippen molar-refractivity contribution in [3.8, 4) is 0 Å². The summed E-state index contributed by atoms with van der Waals surface area (Å²) >= 11 is 0. The van der Waals surface area contributed by atoms with Crippen LogP contribution in [-0.2, 0) is 26.7 Å². The Morgan fingerprint density at radius 2 is 1.31 bits per heavy atom. The van der Waals surface area contributed by atoms with Gasteiger partial charge in [-0.2, -0.15) is 0 Å². The Hall–Kier alpha value is 1.78. The van der Waals surface area contributed by atoms with Gasteiger partial charge in [-0.15, -0.1) is 0 Å². The van der Waals surface area contributed by atoms with Crippen LogP contribution in [0.15, 0.2) is 17.0 Å². The second kappa shape index (κ2) is 20.7. The summed E-state index contributed by atoms with van der Waals surface area (Å²) in [7, 11) is -9.04. The number of aromatic nitrogens is 2. The van der Waals surface area contributed by atoms with Gasteiger partial charge in [0.05, 0.1) is 26.0 Å². The van der Waals surface area contributed by atoms with E-state index in [-0.39, 0.29) is 126 Å². The first kappa shape index (κ1) is 40.8. The molecule has 0 radical (unpaired) electrons. The number of rotatable bonds is 19. The molecule has 39 heavy (non-hydrogen) atoms. The minimum Gasteiger partial charge on any atom is -0.748 e. The Labute approximate surface area is 321 Å². The first-order valence-corrected chi connectivity index (χ1v) is 16.7. The van der Waals surface area contributed by atoms with Crippen molar-refractivity contribution in [2.75, 3.05) is 0 Å². The summed E-state index contributed by atoms with van der Waals surface area (Å²) in [5.74, 6) is 0.467. The van der Waals surface area contributed by atoms with Gasteiger partial charge in [0.25, 0.3) is 0 Å². The molecule has 212 valence electrons. The van der Waals surface area contributed by atoms with E-state index in [0.717, 1.165) is 19.3 Å². The van der Waals surface area contributed by atoms with Crippen molar-refractivity contribution in [2.24, 2.45) is 0 Å². The average Bonchev–Trinajstić information content (AvgIpc) is 3.24. The molecule has 0 aliphatic rings. The molecule has 0 bridgehead atoms. The third-order valence-corrected chi connectivity index (χ3v) is 9.26. The van der Waals surface area contributed by atoms with Crippen LogP contribution in [0.3, 0.4) is 0 Å². The Morgan fingerprint density at radius 3 is 1.79 bits per heavy atom. The van der Waals surface area contributed by atoms with Gasteiger partial charge in [0.15, 0.2) is 0 Å². The summed E-state index contributed by atoms with van der Waals surface area (Å²) in [5.41, 5.74) is 1.72. The summed E-state index contributed by atoms with van der Waals surface area (Å²) in [5, 5.41) is -1.05. The zero-order valence-corrected chi connectivity index (χ0v) is 32.5. The number of aryl methyl sites for hydroxylation is 1. The zero-order chi connectivity index (χ0) is 27.5. The number of unbranched alkanes of at least 4 members (excludes halogenated alkanes) is 11. The number of benzene rings is 1. The van der Waals surface area contributed by atoms with Crippen LogP contribution in [-0.4, -0.2) is 41.2 Å². The van der Waals surface area contributed by atoms with Gasteiger partial charge in [-0.25, -0.2) is 21.8 Å². The first-order valence-electron chi connectivity index (χ1n) is 13.9. The van der Waals surface area contributed by atoms with Gasteiger partial charge in [-0.3, -0.25) is 0 Å². The molecule has 1 N–H and O–H groups in total. The SMILES string of the molecule is CCCCCCCCCCCCCCC(C)c1cc(S(=O)(=O)[O-])cc2[nH]c(CCC(C)S(=O)(=O)[O-])nc12.[K+].[K+]. The quantitative estimate of drug-likeness (QED) is 0.135. The van der Waals surface area contributed by atoms with Crippen molar-refractivity contribution in [3.05, 3.63) is 23.5 Å². The van der Waals surface area contributed by atoms with E-state index in [4.69, 9.17) is 0 Å². The molecule has 0 saturated heterocycles. The number of hydrogen-bond acceptors (Lipinski definition) is 7. The number of H-pyrrole nitrogens is 1. The maximum absolute atomic E-state index is 11.8. The van der Waals surface area contributed by atoms with Crippen molar-refractivity contribution < 1.29 is 129 Å². The van der Waals surface area contributed by atoms with Crippen LogP contribution in [0.4, 0.5) is 0 Å². The Kier molecular flexibility index (Phi) is 21.6. The number of hydrogen-bond donors (Lipinski definition) is 1. The molecular weight excluding hydrogens is 591 g/mol. The Morgan fingerprint density at radius 1 is 0.795 bits per heavy atom. The van der Waals surface area contributed by atoms with Crippen LogP contribution in [0.5, 0.6) is 0 Å². The molecule has 0 spiro atoms. The van der Waals surface area contributed by atoms with Crippen molar-refractivity contribution >= 4 is 31.3 Å². The van der Waals surface area contributed by atoms with Crippen LogP contribution in [0.2, 0.25) is 0 Å². The van der Waals surface area contributed by atoms with Crippen molar-refractivity contribution in [1.29, 1.82) is 0 Å². The molecule has 0 amide bonds. The van der Waals surface area contributed by atoms with Crippen molar-refractivity contribution in [3.63, 3.8) is 0 Å². The summed E-state index contributed by atoms with van der Waals surface area (Å²) in [6, 6.07) is 2.70. The molecule has 2 unspecified atom stereocenters. The molecule has 0 aliphatic heterocycles. The van der Waals surface area contributed by atoms with Gasteiger partial charge in [0, 0.05) is 11.7 Å². The maximum atomic E-state index is 11.8. The predicted molar refractivity (Wildman–Crippen MR) is 146 cm³/mol. The van der Waals surface area contributed by atoms with E-state index < -0.39 is 25.5 Å². The number of imidazole rings is 1. The second-order valence-electron chi connectivity index (χ2n) is 10.5. The summed E-state index contributed by atoms with van der Waals surface area (Å²) in [6.07, 6.45) is 16.3. The molecule has 12 heteroatoms. The van der Waals surface area contributed by atoms with Gasteiger partial charge < -0.3 is 14.1 Å². The molecule has 0 saturated carbocycles. The van der Waals surface area contributed by atoms with E-state index in [1.165, 1.54) is 83.3 Å². The minimum atomic E-state index is -4.65. The van der Waals surface area contributed by atoms with Gasteiger partial charge in [-0.05, 0) is 43.4 Å². The number of fused-ring (bicyclic) bond motifs is 1. The average molecular weight is 635 g/mol. The molecule has 0 aliphatic carbocycles. The summed E-state index contributed by atoms with van der Waals surface area (Å²) in [6.45, 7) is 5.60. The second-order valence-corrected chi connectivity index (χ2v) is 13.6. The molecule has 0 fully saturated rings. The maximum Gasteiger partial charge on any atom is 1.00 e. The fourth-order valence-corrected chi connectivity index (χ4v) is 5.68. The van der Waals surface area contributed by atoms with E-state index >= 15 is 0 Å². The first-order chi connectivity index (χ1) is 17.4. The van der Waals surface area contributed by atoms with Crippen LogP contribution in [0.1, 0.15) is 128 Å². The number of aromatic amines is 1. The van der Waals surface area contributed by atoms with E-state index in [0.29, 0.717) is 22.4 Å². The van der Waals surface area contributed by atoms with Gasteiger partial charge in [0.1, 0.15) is 15.9 Å². The van der Waals surface area contributed by atoms with Crippen molar-refractivity contribution in [2.45, 2.75) is 133 Å². The largest absolute Gasteiger partial charge is 1.00 e. The standard InChI is InChI=1S/C27H46N2O6S2.2K/c1-4-5-6-7-8-9-10-11-12-13-14-15-16-21(2)24-19-23(37(33,34)35)20-25-27(24)29-26(28-25)18-17-22(3)36(30,31)32;;/h19-22H,4-18H2,1-3H3,(H,28,29)(H,30,31,32)(H,33,34,35);;/q;2*+1/p-2. The molecular formula is C27H44K2N2O6S2. The predicted octanol–water partition coefficient (Wildman–Crippen LogP) is 0.536. The normalized spacial score (nSPS) is 13.6. The minimum absolute atomic E-state index is 0. The Balaban J connectivity index is 0.00000722.